The van der Waals surface area contributed by atoms with Crippen LogP contribution in [0.25, 0.3) is 122 Å². The van der Waals surface area contributed by atoms with Gasteiger partial charge in [0.15, 0.2) is 11.6 Å². The Morgan fingerprint density at radius 1 is 0.381 bits per heavy atom. The summed E-state index contributed by atoms with van der Waals surface area (Å²) in [5.41, 5.74) is 10.3. The third-order valence-corrected chi connectivity index (χ3v) is 12.1. The van der Waals surface area contributed by atoms with E-state index < -0.39 is 30.2 Å². The maximum atomic E-state index is 9.09. The lowest BCUT2D eigenvalue weighted by atomic mass is 9.98. The Balaban J connectivity index is 1.13. The number of hydrogen-bond donors (Lipinski definition) is 0. The summed E-state index contributed by atoms with van der Waals surface area (Å²) in [4.78, 5) is 15.4. The second-order valence-electron chi connectivity index (χ2n) is 15.7. The summed E-state index contributed by atoms with van der Waals surface area (Å²) >= 11 is 0. The maximum absolute atomic E-state index is 9.09. The van der Waals surface area contributed by atoms with Crippen molar-refractivity contribution in [2.24, 2.45) is 0 Å². The number of hydrogen-bond acceptors (Lipinski definition) is 4. The van der Waals surface area contributed by atoms with Crippen LogP contribution >= 0.6 is 0 Å². The number of furan rings is 1. The molecule has 0 aliphatic carbocycles. The molecule has 0 radical (unpaired) electrons. The molecule has 0 unspecified atom stereocenters. The molecule has 4 heterocycles. The van der Waals surface area contributed by atoms with Crippen LogP contribution in [0.5, 0.6) is 0 Å². The van der Waals surface area contributed by atoms with Gasteiger partial charge in [-0.2, -0.15) is 9.97 Å². The predicted octanol–water partition coefficient (Wildman–Crippen LogP) is 14.6. The zero-order valence-corrected chi connectivity index (χ0v) is 33.5. The molecule has 6 nitrogen and oxygen atoms in total. The standard InChI is InChI=1S/C57H35N5O/c1-3-16-36(17-4-1)38-20-15-21-39(32-38)40-30-31-46-47-34-41(61-49-26-11-7-22-42(49)43-23-8-12-27-50(43)61)35-48(54(47)63-53(46)33-40)56-58-55(37-18-5-2-6-19-37)59-57(60-56)62-51-28-13-9-24-44(51)45-25-10-14-29-52(45)62/h1-35H/i2D,5D,6D,18D,19D. The first kappa shape index (κ1) is 30.4. The van der Waals surface area contributed by atoms with E-state index in [0.29, 0.717) is 16.7 Å². The van der Waals surface area contributed by atoms with Crippen molar-refractivity contribution in [3.8, 4) is 56.7 Å². The molecular formula is C57H35N5O. The third-order valence-electron chi connectivity index (χ3n) is 12.1. The molecule has 0 aliphatic heterocycles. The fourth-order valence-electron chi connectivity index (χ4n) is 9.24. The van der Waals surface area contributed by atoms with Gasteiger partial charge in [0.05, 0.1) is 34.5 Å². The molecule has 0 bridgehead atoms. The van der Waals surface area contributed by atoms with Gasteiger partial charge >= 0.3 is 0 Å². The molecule has 0 spiro atoms. The fourth-order valence-corrected chi connectivity index (χ4v) is 9.24. The molecule has 294 valence electrons. The molecular weight excluding hydrogens is 771 g/mol. The highest BCUT2D eigenvalue weighted by molar-refractivity contribution is 6.13. The predicted molar refractivity (Wildman–Crippen MR) is 258 cm³/mol. The topological polar surface area (TPSA) is 61.7 Å². The molecule has 4 aromatic heterocycles. The largest absolute Gasteiger partial charge is 0.455 e. The van der Waals surface area contributed by atoms with Crippen molar-refractivity contribution in [3.63, 3.8) is 0 Å². The highest BCUT2D eigenvalue weighted by Crippen LogP contribution is 2.42. The molecule has 0 atom stereocenters. The second kappa shape index (κ2) is 14.0. The Hall–Kier alpha value is -8.61. The lowest BCUT2D eigenvalue weighted by Gasteiger charge is -2.13. The number of rotatable bonds is 6. The Morgan fingerprint density at radius 3 is 1.57 bits per heavy atom. The van der Waals surface area contributed by atoms with Gasteiger partial charge < -0.3 is 8.98 Å². The highest BCUT2D eigenvalue weighted by atomic mass is 16.3. The van der Waals surface area contributed by atoms with E-state index in [4.69, 9.17) is 26.2 Å². The SMILES string of the molecule is [2H]c1c([2H])c([2H])c(-c2nc(-c3cc(-n4c5ccccc5c5ccccc54)cc4c3oc3cc(-c5cccc(-c6ccccc6)c5)ccc34)nc(-n3c4ccccc4c4ccccc43)n2)c([2H])c1[2H]. The molecule has 0 amide bonds. The first-order chi connectivity index (χ1) is 33.3. The van der Waals surface area contributed by atoms with E-state index in [2.05, 4.69) is 89.5 Å². The Bertz CT molecular complexity index is 4100. The summed E-state index contributed by atoms with van der Waals surface area (Å²) < 4.78 is 55.1. The average molecular weight is 811 g/mol. The molecule has 63 heavy (non-hydrogen) atoms. The van der Waals surface area contributed by atoms with Crippen LogP contribution in [-0.2, 0) is 0 Å². The molecule has 0 N–H and O–H groups in total. The molecule has 0 saturated carbocycles. The molecule has 0 fully saturated rings. The zero-order chi connectivity index (χ0) is 45.8. The molecule has 6 heteroatoms. The van der Waals surface area contributed by atoms with E-state index in [9.17, 15) is 0 Å². The minimum Gasteiger partial charge on any atom is -0.455 e. The number of para-hydroxylation sites is 4. The number of aromatic nitrogens is 5. The zero-order valence-electron chi connectivity index (χ0n) is 38.5. The second-order valence-corrected chi connectivity index (χ2v) is 15.7. The van der Waals surface area contributed by atoms with Crippen LogP contribution in [0, 0.1) is 0 Å². The van der Waals surface area contributed by atoms with E-state index in [1.54, 1.807) is 0 Å². The molecule has 13 aromatic rings. The minimum absolute atomic E-state index is 0.0732. The maximum Gasteiger partial charge on any atom is 0.238 e. The van der Waals surface area contributed by atoms with Crippen LogP contribution in [0.2, 0.25) is 0 Å². The van der Waals surface area contributed by atoms with E-state index in [1.807, 2.05) is 102 Å². The Kier molecular flexibility index (Phi) is 6.75. The van der Waals surface area contributed by atoms with Gasteiger partial charge in [0.2, 0.25) is 5.95 Å². The van der Waals surface area contributed by atoms with E-state index in [-0.39, 0.29) is 23.2 Å². The van der Waals surface area contributed by atoms with Gasteiger partial charge in [-0.05, 0) is 76.9 Å². The van der Waals surface area contributed by atoms with Crippen LogP contribution in [0.3, 0.4) is 0 Å². The summed E-state index contributed by atoms with van der Waals surface area (Å²) in [7, 11) is 0. The van der Waals surface area contributed by atoms with Gasteiger partial charge in [-0.3, -0.25) is 4.57 Å². The van der Waals surface area contributed by atoms with Gasteiger partial charge in [0.25, 0.3) is 0 Å². The number of benzene rings is 9. The first-order valence-electron chi connectivity index (χ1n) is 23.3. The van der Waals surface area contributed by atoms with E-state index in [0.717, 1.165) is 82.3 Å². The third kappa shape index (κ3) is 5.62. The van der Waals surface area contributed by atoms with Crippen molar-refractivity contribution in [1.29, 1.82) is 0 Å². The number of fused-ring (bicyclic) bond motifs is 9. The van der Waals surface area contributed by atoms with Crippen molar-refractivity contribution in [2.45, 2.75) is 0 Å². The average Bonchev–Trinajstić information content (AvgIpc) is 4.05. The highest BCUT2D eigenvalue weighted by Gasteiger charge is 2.23. The fraction of sp³-hybridized carbons (Fsp3) is 0. The van der Waals surface area contributed by atoms with Crippen molar-refractivity contribution in [1.82, 2.24) is 24.1 Å². The van der Waals surface area contributed by atoms with Crippen LogP contribution in [-0.4, -0.2) is 24.1 Å². The molecule has 9 aromatic carbocycles. The summed E-state index contributed by atoms with van der Waals surface area (Å²) in [6, 6.07) is 59.5. The first-order valence-corrected chi connectivity index (χ1v) is 20.8. The summed E-state index contributed by atoms with van der Waals surface area (Å²) in [5, 5.41) is 5.86. The van der Waals surface area contributed by atoms with Crippen molar-refractivity contribution in [3.05, 3.63) is 212 Å². The lowest BCUT2D eigenvalue weighted by molar-refractivity contribution is 0.669. The van der Waals surface area contributed by atoms with E-state index in [1.165, 1.54) is 0 Å². The normalized spacial score (nSPS) is 12.9. The van der Waals surface area contributed by atoms with E-state index >= 15 is 0 Å². The number of nitrogens with zero attached hydrogens (tertiary/aromatic N) is 5. The summed E-state index contributed by atoms with van der Waals surface area (Å²) in [5.74, 6) is 0.332. The smallest absolute Gasteiger partial charge is 0.238 e. The van der Waals surface area contributed by atoms with Crippen molar-refractivity contribution in [2.75, 3.05) is 0 Å². The van der Waals surface area contributed by atoms with Gasteiger partial charge in [-0.15, -0.1) is 0 Å². The minimum atomic E-state index is -0.505. The lowest BCUT2D eigenvalue weighted by Crippen LogP contribution is -2.06. The Labute approximate surface area is 368 Å². The monoisotopic (exact) mass is 810 g/mol. The Morgan fingerprint density at radius 2 is 0.921 bits per heavy atom. The molecule has 0 aliphatic rings. The molecule has 0 saturated heterocycles. The quantitative estimate of drug-likeness (QED) is 0.168. The summed E-state index contributed by atoms with van der Waals surface area (Å²) in [6.07, 6.45) is 0. The van der Waals surface area contributed by atoms with Gasteiger partial charge in [0, 0.05) is 43.6 Å². The van der Waals surface area contributed by atoms with Crippen LogP contribution in [0.4, 0.5) is 0 Å². The summed E-state index contributed by atoms with van der Waals surface area (Å²) in [6.45, 7) is 0. The molecule has 13 rings (SSSR count). The van der Waals surface area contributed by atoms with Gasteiger partial charge in [-0.1, -0.05) is 158 Å². The van der Waals surface area contributed by atoms with Crippen LogP contribution in [0.15, 0.2) is 217 Å². The van der Waals surface area contributed by atoms with Gasteiger partial charge in [0.1, 0.15) is 11.2 Å². The van der Waals surface area contributed by atoms with Gasteiger partial charge in [-0.25, -0.2) is 4.98 Å². The van der Waals surface area contributed by atoms with Crippen LogP contribution in [0.1, 0.15) is 6.85 Å². The van der Waals surface area contributed by atoms with Crippen LogP contribution < -0.4 is 0 Å². The van der Waals surface area contributed by atoms with Crippen molar-refractivity contribution >= 4 is 65.6 Å². The van der Waals surface area contributed by atoms with Crippen molar-refractivity contribution < 1.29 is 11.3 Å².